The lowest BCUT2D eigenvalue weighted by molar-refractivity contribution is 0.0304. The molecule has 0 aromatic carbocycles. The van der Waals surface area contributed by atoms with E-state index >= 15 is 0 Å². The molecule has 6 nitrogen and oxygen atoms in total. The van der Waals surface area contributed by atoms with Crippen LogP contribution in [0, 0.1) is 6.92 Å². The highest BCUT2D eigenvalue weighted by Crippen LogP contribution is 2.15. The maximum absolute atomic E-state index is 12.0. The Bertz CT molecular complexity index is 607. The van der Waals surface area contributed by atoms with Crippen molar-refractivity contribution < 1.29 is 17.9 Å². The number of nitrogens with one attached hydrogen (secondary N) is 1. The van der Waals surface area contributed by atoms with Crippen LogP contribution in [0.4, 0.5) is 0 Å². The smallest absolute Gasteiger partial charge is 0.264 e. The first-order chi connectivity index (χ1) is 9.85. The Kier molecular flexibility index (Phi) is 5.18. The van der Waals surface area contributed by atoms with Gasteiger partial charge in [0.25, 0.3) is 5.91 Å². The van der Waals surface area contributed by atoms with Gasteiger partial charge >= 0.3 is 0 Å². The van der Waals surface area contributed by atoms with Gasteiger partial charge in [0.2, 0.25) is 10.0 Å². The zero-order valence-electron chi connectivity index (χ0n) is 11.6. The van der Waals surface area contributed by atoms with Gasteiger partial charge in [0, 0.05) is 17.9 Å². The monoisotopic (exact) mass is 332 g/mol. The molecule has 0 spiro atoms. The predicted molar refractivity (Wildman–Crippen MR) is 78.8 cm³/mol. The predicted octanol–water partition coefficient (Wildman–Crippen LogP) is 1.67. The van der Waals surface area contributed by atoms with E-state index in [2.05, 4.69) is 4.98 Å². The van der Waals surface area contributed by atoms with Gasteiger partial charge in [-0.05, 0) is 38.3 Å². The van der Waals surface area contributed by atoms with Crippen molar-refractivity contribution in [2.75, 3.05) is 12.4 Å². The van der Waals surface area contributed by atoms with Crippen molar-refractivity contribution in [3.63, 3.8) is 0 Å². The van der Waals surface area contributed by atoms with Crippen molar-refractivity contribution in [3.8, 4) is 0 Å². The zero-order valence-corrected chi connectivity index (χ0v) is 13.2. The summed E-state index contributed by atoms with van der Waals surface area (Å²) in [5.74, 6) is -0.922. The van der Waals surface area contributed by atoms with Crippen LogP contribution < -0.4 is 4.72 Å². The number of aromatic nitrogens is 1. The number of ether oxygens (including phenoxy) is 1. The van der Waals surface area contributed by atoms with Gasteiger partial charge in [0.1, 0.15) is 5.15 Å². The maximum atomic E-state index is 12.0. The van der Waals surface area contributed by atoms with Crippen LogP contribution in [0.5, 0.6) is 0 Å². The molecule has 0 bridgehead atoms. The number of carbonyl (C=O) groups is 1. The molecule has 1 saturated heterocycles. The molecule has 8 heteroatoms. The number of carbonyl (C=O) groups excluding carboxylic acids is 1. The van der Waals surface area contributed by atoms with Gasteiger partial charge in [0.05, 0.1) is 11.9 Å². The van der Waals surface area contributed by atoms with Crippen molar-refractivity contribution >= 4 is 27.5 Å². The Labute approximate surface area is 128 Å². The lowest BCUT2D eigenvalue weighted by atomic mass is 10.1. The minimum Gasteiger partial charge on any atom is -0.377 e. The first-order valence-electron chi connectivity index (χ1n) is 6.66. The molecular formula is C13H17ClN2O4S. The second-order valence-corrected chi connectivity index (χ2v) is 7.18. The fourth-order valence-electron chi connectivity index (χ4n) is 2.18. The fraction of sp³-hybridized carbons (Fsp3) is 0.538. The first kappa shape index (κ1) is 16.2. The molecule has 0 saturated carbocycles. The van der Waals surface area contributed by atoms with Gasteiger partial charge in [0.15, 0.2) is 0 Å². The first-order valence-corrected chi connectivity index (χ1v) is 8.69. The molecule has 1 amide bonds. The second-order valence-electron chi connectivity index (χ2n) is 5.02. The van der Waals surface area contributed by atoms with Crippen LogP contribution in [-0.4, -0.2) is 37.8 Å². The van der Waals surface area contributed by atoms with Crippen LogP contribution in [0.1, 0.15) is 35.3 Å². The van der Waals surface area contributed by atoms with Crippen LogP contribution in [0.25, 0.3) is 0 Å². The number of hydrogen-bond donors (Lipinski definition) is 1. The lowest BCUT2D eigenvalue weighted by Gasteiger charge is -2.22. The third kappa shape index (κ3) is 4.94. The Balaban J connectivity index is 2.03. The molecule has 0 aliphatic carbocycles. The summed E-state index contributed by atoms with van der Waals surface area (Å²) in [7, 11) is -3.74. The number of sulfonamides is 1. The van der Waals surface area contributed by atoms with Crippen molar-refractivity contribution in [3.05, 3.63) is 28.5 Å². The highest BCUT2D eigenvalue weighted by molar-refractivity contribution is 7.90. The van der Waals surface area contributed by atoms with Crippen molar-refractivity contribution in [2.24, 2.45) is 0 Å². The number of aryl methyl sites for hydroxylation is 1. The molecule has 1 atom stereocenters. The van der Waals surface area contributed by atoms with Crippen molar-refractivity contribution in [1.82, 2.24) is 9.71 Å². The molecule has 1 fully saturated rings. The van der Waals surface area contributed by atoms with Crippen LogP contribution in [0.15, 0.2) is 12.1 Å². The summed E-state index contributed by atoms with van der Waals surface area (Å²) in [5.41, 5.74) is 0.710. The summed E-state index contributed by atoms with van der Waals surface area (Å²) in [6, 6.07) is 2.81. The Hall–Kier alpha value is -1.18. The molecule has 116 valence electrons. The number of halogens is 1. The normalized spacial score (nSPS) is 19.2. The Morgan fingerprint density at radius 3 is 2.86 bits per heavy atom. The topological polar surface area (TPSA) is 85.4 Å². The van der Waals surface area contributed by atoms with E-state index < -0.39 is 15.9 Å². The second kappa shape index (κ2) is 6.72. The molecule has 2 heterocycles. The van der Waals surface area contributed by atoms with E-state index in [-0.39, 0.29) is 22.6 Å². The van der Waals surface area contributed by atoms with Crippen molar-refractivity contribution in [2.45, 2.75) is 32.3 Å². The van der Waals surface area contributed by atoms with Crippen LogP contribution >= 0.6 is 11.6 Å². The van der Waals surface area contributed by atoms with Gasteiger partial charge in [-0.25, -0.2) is 18.1 Å². The van der Waals surface area contributed by atoms with E-state index in [4.69, 9.17) is 16.3 Å². The fourth-order valence-corrected chi connectivity index (χ4v) is 3.67. The van der Waals surface area contributed by atoms with E-state index in [0.717, 1.165) is 12.8 Å². The average molecular weight is 333 g/mol. The number of pyridine rings is 1. The van der Waals surface area contributed by atoms with Crippen LogP contribution in [0.3, 0.4) is 0 Å². The SMILES string of the molecule is Cc1cc(C(=O)NS(=O)(=O)C[C@H]2CCCCO2)cc(Cl)n1. The van der Waals surface area contributed by atoms with Gasteiger partial charge < -0.3 is 4.74 Å². The number of nitrogens with zero attached hydrogens (tertiary/aromatic N) is 1. The third-order valence-electron chi connectivity index (χ3n) is 3.11. The lowest BCUT2D eigenvalue weighted by Crippen LogP contribution is -2.38. The van der Waals surface area contributed by atoms with E-state index in [0.29, 0.717) is 18.7 Å². The molecule has 1 N–H and O–H groups in total. The van der Waals surface area contributed by atoms with Crippen molar-refractivity contribution in [1.29, 1.82) is 0 Å². The van der Waals surface area contributed by atoms with Crippen LogP contribution in [-0.2, 0) is 14.8 Å². The quantitative estimate of drug-likeness (QED) is 0.848. The van der Waals surface area contributed by atoms with E-state index in [1.807, 2.05) is 4.72 Å². The Morgan fingerprint density at radius 1 is 1.48 bits per heavy atom. The molecule has 0 radical (unpaired) electrons. The summed E-state index contributed by atoms with van der Waals surface area (Å²) < 4.78 is 31.4. The molecule has 1 aliphatic rings. The zero-order chi connectivity index (χ0) is 15.5. The molecule has 2 rings (SSSR count). The summed E-state index contributed by atoms with van der Waals surface area (Å²) >= 11 is 5.76. The van der Waals surface area contributed by atoms with Gasteiger partial charge in [-0.15, -0.1) is 0 Å². The Morgan fingerprint density at radius 2 is 2.24 bits per heavy atom. The van der Waals surface area contributed by atoms with Crippen LogP contribution in [0.2, 0.25) is 5.15 Å². The van der Waals surface area contributed by atoms with Gasteiger partial charge in [-0.2, -0.15) is 0 Å². The minimum atomic E-state index is -3.74. The average Bonchev–Trinajstić information content (AvgIpc) is 2.37. The van der Waals surface area contributed by atoms with E-state index in [9.17, 15) is 13.2 Å². The molecule has 21 heavy (non-hydrogen) atoms. The third-order valence-corrected chi connectivity index (χ3v) is 4.61. The highest BCUT2D eigenvalue weighted by atomic mass is 35.5. The van der Waals surface area contributed by atoms with Gasteiger partial charge in [-0.1, -0.05) is 11.6 Å². The number of amides is 1. The summed E-state index contributed by atoms with van der Waals surface area (Å²) in [4.78, 5) is 15.9. The number of hydrogen-bond acceptors (Lipinski definition) is 5. The molecule has 1 aliphatic heterocycles. The molecule has 1 aromatic rings. The largest absolute Gasteiger partial charge is 0.377 e. The minimum absolute atomic E-state index is 0.146. The van der Waals surface area contributed by atoms with Gasteiger partial charge in [-0.3, -0.25) is 4.79 Å². The van der Waals surface area contributed by atoms with E-state index in [1.54, 1.807) is 6.92 Å². The summed E-state index contributed by atoms with van der Waals surface area (Å²) in [6.07, 6.45) is 2.21. The standard InChI is InChI=1S/C13H17ClN2O4S/c1-9-6-10(7-12(14)15-9)13(17)16-21(18,19)8-11-4-2-3-5-20-11/h6-7,11H,2-5,8H2,1H3,(H,16,17)/t11-/m1/s1. The summed E-state index contributed by atoms with van der Waals surface area (Å²) in [6.45, 7) is 2.24. The molecule has 0 unspecified atom stereocenters. The molecular weight excluding hydrogens is 316 g/mol. The number of rotatable bonds is 4. The molecule has 1 aromatic heterocycles. The highest BCUT2D eigenvalue weighted by Gasteiger charge is 2.24. The maximum Gasteiger partial charge on any atom is 0.264 e. The van der Waals surface area contributed by atoms with E-state index in [1.165, 1.54) is 12.1 Å². The summed E-state index contributed by atoms with van der Waals surface area (Å²) in [5, 5.41) is 0.146.